The summed E-state index contributed by atoms with van der Waals surface area (Å²) in [5.74, 6) is -0.921. The second-order valence-electron chi connectivity index (χ2n) is 4.19. The fraction of sp³-hybridized carbons (Fsp3) is 0.385. The van der Waals surface area contributed by atoms with Crippen LogP contribution in [0.2, 0.25) is 0 Å². The summed E-state index contributed by atoms with van der Waals surface area (Å²) in [5.41, 5.74) is 1.44. The zero-order chi connectivity index (χ0) is 12.4. The number of aliphatic carboxylic acids is 1. The highest BCUT2D eigenvalue weighted by atomic mass is 16.5. The van der Waals surface area contributed by atoms with Crippen molar-refractivity contribution in [3.05, 3.63) is 29.3 Å². The van der Waals surface area contributed by atoms with Crippen LogP contribution in [0.25, 0.3) is 0 Å². The zero-order valence-corrected chi connectivity index (χ0v) is 9.60. The molecule has 2 rings (SSSR count). The van der Waals surface area contributed by atoms with Crippen molar-refractivity contribution in [1.29, 1.82) is 0 Å². The Labute approximate surface area is 99.2 Å². The number of carboxylic acids is 1. The Bertz CT molecular complexity index is 464. The number of methoxy groups -OCH3 is 1. The smallest absolute Gasteiger partial charge is 0.306 e. The van der Waals surface area contributed by atoms with Crippen molar-refractivity contribution < 1.29 is 19.4 Å². The maximum Gasteiger partial charge on any atom is 0.306 e. The molecule has 90 valence electrons. The molecule has 1 atom stereocenters. The third kappa shape index (κ3) is 2.16. The number of carboxylic acid groups (broad SMARTS) is 1. The molecular weight excluding hydrogens is 220 g/mol. The third-order valence-corrected chi connectivity index (χ3v) is 3.18. The predicted octanol–water partition coefficient (Wildman–Crippen LogP) is 1.92. The molecule has 0 radical (unpaired) electrons. The monoisotopic (exact) mass is 234 g/mol. The number of ether oxygens (including phenoxy) is 1. The zero-order valence-electron chi connectivity index (χ0n) is 9.60. The normalized spacial score (nSPS) is 19.4. The van der Waals surface area contributed by atoms with Crippen molar-refractivity contribution in [2.75, 3.05) is 7.11 Å². The highest BCUT2D eigenvalue weighted by Gasteiger charge is 2.28. The number of fused-ring (bicyclic) bond motifs is 1. The first-order chi connectivity index (χ1) is 8.13. The first kappa shape index (κ1) is 11.6. The van der Waals surface area contributed by atoms with E-state index >= 15 is 0 Å². The Kier molecular flexibility index (Phi) is 3.13. The van der Waals surface area contributed by atoms with Crippen molar-refractivity contribution in [3.8, 4) is 5.75 Å². The van der Waals surface area contributed by atoms with Gasteiger partial charge in [-0.15, -0.1) is 0 Å². The van der Waals surface area contributed by atoms with Gasteiger partial charge in [-0.3, -0.25) is 9.59 Å². The van der Waals surface area contributed by atoms with Crippen LogP contribution in [-0.2, 0) is 11.2 Å². The predicted molar refractivity (Wildman–Crippen MR) is 61.4 cm³/mol. The molecule has 0 saturated heterocycles. The summed E-state index contributed by atoms with van der Waals surface area (Å²) in [6.45, 7) is 0. The van der Waals surface area contributed by atoms with Crippen molar-refractivity contribution in [2.24, 2.45) is 5.92 Å². The molecule has 0 saturated carbocycles. The van der Waals surface area contributed by atoms with E-state index in [2.05, 4.69) is 0 Å². The van der Waals surface area contributed by atoms with Crippen LogP contribution in [0.15, 0.2) is 18.2 Å². The van der Waals surface area contributed by atoms with Gasteiger partial charge in [0.2, 0.25) is 0 Å². The van der Waals surface area contributed by atoms with Crippen LogP contribution in [0.3, 0.4) is 0 Å². The van der Waals surface area contributed by atoms with Crippen LogP contribution in [0.1, 0.15) is 28.8 Å². The average Bonchev–Trinajstić information content (AvgIpc) is 2.49. The van der Waals surface area contributed by atoms with Crippen LogP contribution < -0.4 is 4.74 Å². The number of benzene rings is 1. The Morgan fingerprint density at radius 3 is 2.88 bits per heavy atom. The molecule has 4 nitrogen and oxygen atoms in total. The average molecular weight is 234 g/mol. The van der Waals surface area contributed by atoms with Gasteiger partial charge in [-0.2, -0.15) is 0 Å². The van der Waals surface area contributed by atoms with E-state index in [0.29, 0.717) is 24.2 Å². The van der Waals surface area contributed by atoms with Crippen LogP contribution in [-0.4, -0.2) is 24.0 Å². The molecule has 0 aromatic heterocycles. The molecule has 1 unspecified atom stereocenters. The minimum absolute atomic E-state index is 0.0789. The Balaban J connectivity index is 2.40. The molecule has 4 heteroatoms. The molecular formula is C13H14O4. The summed E-state index contributed by atoms with van der Waals surface area (Å²) in [6.07, 6.45) is 1.13. The SMILES string of the molecule is COc1cccc2c1CCC(C(=O)O)CC2=O. The molecule has 1 N–H and O–H groups in total. The first-order valence-corrected chi connectivity index (χ1v) is 5.55. The molecule has 1 aliphatic carbocycles. The van der Waals surface area contributed by atoms with E-state index in [9.17, 15) is 9.59 Å². The van der Waals surface area contributed by atoms with E-state index in [1.807, 2.05) is 0 Å². The fourth-order valence-electron chi connectivity index (χ4n) is 2.24. The molecule has 1 aromatic carbocycles. The molecule has 0 spiro atoms. The summed E-state index contributed by atoms with van der Waals surface area (Å²) >= 11 is 0. The number of Topliss-reactive ketones (excluding diaryl/α,β-unsaturated/α-hetero) is 1. The van der Waals surface area contributed by atoms with E-state index in [1.54, 1.807) is 25.3 Å². The number of hydrogen-bond acceptors (Lipinski definition) is 3. The van der Waals surface area contributed by atoms with Crippen molar-refractivity contribution in [1.82, 2.24) is 0 Å². The maximum absolute atomic E-state index is 12.0. The minimum atomic E-state index is -0.898. The van der Waals surface area contributed by atoms with Crippen molar-refractivity contribution in [2.45, 2.75) is 19.3 Å². The van der Waals surface area contributed by atoms with Crippen LogP contribution >= 0.6 is 0 Å². The molecule has 0 amide bonds. The van der Waals surface area contributed by atoms with E-state index in [-0.39, 0.29) is 12.2 Å². The molecule has 1 aromatic rings. The molecule has 1 aliphatic rings. The number of ketones is 1. The molecule has 0 fully saturated rings. The molecule has 0 heterocycles. The van der Waals surface area contributed by atoms with Crippen molar-refractivity contribution in [3.63, 3.8) is 0 Å². The third-order valence-electron chi connectivity index (χ3n) is 3.18. The summed E-state index contributed by atoms with van der Waals surface area (Å²) in [6, 6.07) is 5.30. The van der Waals surface area contributed by atoms with Gasteiger partial charge in [0.1, 0.15) is 5.75 Å². The van der Waals surface area contributed by atoms with Gasteiger partial charge in [-0.1, -0.05) is 12.1 Å². The first-order valence-electron chi connectivity index (χ1n) is 5.55. The topological polar surface area (TPSA) is 63.6 Å². The largest absolute Gasteiger partial charge is 0.496 e. The molecule has 0 aliphatic heterocycles. The highest BCUT2D eigenvalue weighted by molar-refractivity contribution is 6.00. The summed E-state index contributed by atoms with van der Waals surface area (Å²) in [7, 11) is 1.56. The summed E-state index contributed by atoms with van der Waals surface area (Å²) in [5, 5.41) is 9.00. The van der Waals surface area contributed by atoms with Gasteiger partial charge in [-0.05, 0) is 18.9 Å². The van der Waals surface area contributed by atoms with E-state index < -0.39 is 11.9 Å². The number of carbonyl (C=O) groups is 2. The number of rotatable bonds is 2. The van der Waals surface area contributed by atoms with E-state index in [1.165, 1.54) is 0 Å². The van der Waals surface area contributed by atoms with Gasteiger partial charge in [0, 0.05) is 17.5 Å². The lowest BCUT2D eigenvalue weighted by molar-refractivity contribution is -0.141. The summed E-state index contributed by atoms with van der Waals surface area (Å²) < 4.78 is 5.21. The Hall–Kier alpha value is -1.84. The number of carbonyl (C=O) groups excluding carboxylic acids is 1. The highest BCUT2D eigenvalue weighted by Crippen LogP contribution is 2.30. The Morgan fingerprint density at radius 2 is 2.24 bits per heavy atom. The van der Waals surface area contributed by atoms with Crippen LogP contribution in [0.5, 0.6) is 5.75 Å². The van der Waals surface area contributed by atoms with Crippen molar-refractivity contribution >= 4 is 11.8 Å². The minimum Gasteiger partial charge on any atom is -0.496 e. The van der Waals surface area contributed by atoms with Gasteiger partial charge in [0.05, 0.1) is 13.0 Å². The lowest BCUT2D eigenvalue weighted by Gasteiger charge is -2.09. The fourth-order valence-corrected chi connectivity index (χ4v) is 2.24. The van der Waals surface area contributed by atoms with Gasteiger partial charge in [-0.25, -0.2) is 0 Å². The van der Waals surface area contributed by atoms with E-state index in [4.69, 9.17) is 9.84 Å². The van der Waals surface area contributed by atoms with Gasteiger partial charge in [0.15, 0.2) is 5.78 Å². The van der Waals surface area contributed by atoms with Gasteiger partial charge in [0.25, 0.3) is 0 Å². The van der Waals surface area contributed by atoms with E-state index in [0.717, 1.165) is 5.56 Å². The Morgan fingerprint density at radius 1 is 1.47 bits per heavy atom. The standard InChI is InChI=1S/C13H14O4/c1-17-12-4-2-3-9-10(12)6-5-8(13(15)16)7-11(9)14/h2-4,8H,5-7H2,1H3,(H,15,16). The summed E-state index contributed by atoms with van der Waals surface area (Å²) in [4.78, 5) is 22.9. The van der Waals surface area contributed by atoms with Gasteiger partial charge < -0.3 is 9.84 Å². The van der Waals surface area contributed by atoms with Crippen LogP contribution in [0, 0.1) is 5.92 Å². The lowest BCUT2D eigenvalue weighted by atomic mass is 9.99. The second kappa shape index (κ2) is 4.57. The van der Waals surface area contributed by atoms with Crippen LogP contribution in [0.4, 0.5) is 0 Å². The number of hydrogen-bond donors (Lipinski definition) is 1. The second-order valence-corrected chi connectivity index (χ2v) is 4.19. The lowest BCUT2D eigenvalue weighted by Crippen LogP contribution is -2.16. The molecule has 0 bridgehead atoms. The quantitative estimate of drug-likeness (QED) is 0.794. The maximum atomic E-state index is 12.0. The molecule has 17 heavy (non-hydrogen) atoms. The van der Waals surface area contributed by atoms with Gasteiger partial charge >= 0.3 is 5.97 Å².